The number of hydrogen-bond acceptors (Lipinski definition) is 3. The van der Waals surface area contributed by atoms with Gasteiger partial charge in [-0.15, -0.1) is 0 Å². The van der Waals surface area contributed by atoms with E-state index in [1.807, 2.05) is 6.92 Å². The van der Waals surface area contributed by atoms with Gasteiger partial charge in [-0.1, -0.05) is 13.8 Å². The fourth-order valence-electron chi connectivity index (χ4n) is 1.85. The van der Waals surface area contributed by atoms with E-state index in [4.69, 9.17) is 9.47 Å². The largest absolute Gasteiger partial charge is 0.494 e. The van der Waals surface area contributed by atoms with Crippen molar-refractivity contribution in [2.75, 3.05) is 19.0 Å². The van der Waals surface area contributed by atoms with Crippen molar-refractivity contribution in [2.45, 2.75) is 26.4 Å². The van der Waals surface area contributed by atoms with Gasteiger partial charge in [0.1, 0.15) is 11.9 Å². The van der Waals surface area contributed by atoms with E-state index in [2.05, 4.69) is 6.92 Å². The van der Waals surface area contributed by atoms with Gasteiger partial charge in [-0.25, -0.2) is 0 Å². The van der Waals surface area contributed by atoms with Crippen molar-refractivity contribution in [3.05, 3.63) is 10.7 Å². The van der Waals surface area contributed by atoms with Crippen LogP contribution in [0.1, 0.15) is 20.3 Å². The Balaban J connectivity index is 2.16. The summed E-state index contributed by atoms with van der Waals surface area (Å²) in [7, 11) is -0.891. The van der Waals surface area contributed by atoms with Crippen molar-refractivity contribution < 1.29 is 13.7 Å². The molecule has 4 heteroatoms. The SMILES string of the molecule is CCCS(=O)C1=C2OCC(C)C2OC1. The van der Waals surface area contributed by atoms with Gasteiger partial charge in [0, 0.05) is 11.7 Å². The Hall–Kier alpha value is -0.350. The standard InChI is InChI=1S/C10H16O3S/c1-3-4-14(11)8-6-13-9-7(2)5-12-10(8)9/h7,9H,3-6H2,1-2H3. The molecule has 0 aromatic carbocycles. The molecular formula is C10H16O3S. The van der Waals surface area contributed by atoms with Crippen LogP contribution in [-0.2, 0) is 20.3 Å². The summed E-state index contributed by atoms with van der Waals surface area (Å²) in [5.41, 5.74) is 0. The molecule has 3 atom stereocenters. The molecule has 0 radical (unpaired) electrons. The molecule has 14 heavy (non-hydrogen) atoms. The lowest BCUT2D eigenvalue weighted by atomic mass is 10.1. The van der Waals surface area contributed by atoms with Crippen LogP contribution in [0.15, 0.2) is 10.7 Å². The maximum Gasteiger partial charge on any atom is 0.140 e. The van der Waals surface area contributed by atoms with Crippen molar-refractivity contribution >= 4 is 10.8 Å². The van der Waals surface area contributed by atoms with Gasteiger partial charge < -0.3 is 9.47 Å². The predicted molar refractivity (Wildman–Crippen MR) is 55.2 cm³/mol. The third kappa shape index (κ3) is 1.61. The lowest BCUT2D eigenvalue weighted by Crippen LogP contribution is -2.13. The molecule has 0 aromatic heterocycles. The minimum atomic E-state index is -0.891. The molecule has 1 saturated heterocycles. The van der Waals surface area contributed by atoms with Crippen LogP contribution < -0.4 is 0 Å². The van der Waals surface area contributed by atoms with E-state index in [-0.39, 0.29) is 6.10 Å². The van der Waals surface area contributed by atoms with E-state index in [0.29, 0.717) is 24.9 Å². The molecule has 2 aliphatic rings. The van der Waals surface area contributed by atoms with Crippen molar-refractivity contribution in [1.82, 2.24) is 0 Å². The fraction of sp³-hybridized carbons (Fsp3) is 0.800. The normalized spacial score (nSPS) is 33.0. The molecule has 1 fully saturated rings. The molecule has 0 amide bonds. The third-order valence-electron chi connectivity index (χ3n) is 2.61. The van der Waals surface area contributed by atoms with Gasteiger partial charge in [0.2, 0.25) is 0 Å². The Morgan fingerprint density at radius 1 is 1.57 bits per heavy atom. The Labute approximate surface area is 86.9 Å². The van der Waals surface area contributed by atoms with Crippen LogP contribution >= 0.6 is 0 Å². The molecule has 2 rings (SSSR count). The molecule has 0 aromatic rings. The maximum absolute atomic E-state index is 11.8. The van der Waals surface area contributed by atoms with Gasteiger partial charge in [-0.05, 0) is 6.42 Å². The minimum absolute atomic E-state index is 0.0748. The van der Waals surface area contributed by atoms with Crippen molar-refractivity contribution in [3.63, 3.8) is 0 Å². The Morgan fingerprint density at radius 3 is 3.07 bits per heavy atom. The lowest BCUT2D eigenvalue weighted by Gasteiger charge is -2.06. The van der Waals surface area contributed by atoms with Crippen molar-refractivity contribution in [3.8, 4) is 0 Å². The van der Waals surface area contributed by atoms with Crippen LogP contribution in [0.25, 0.3) is 0 Å². The van der Waals surface area contributed by atoms with Crippen LogP contribution in [0.3, 0.4) is 0 Å². The molecule has 0 N–H and O–H groups in total. The zero-order valence-corrected chi connectivity index (χ0v) is 9.43. The lowest BCUT2D eigenvalue weighted by molar-refractivity contribution is 0.0958. The quantitative estimate of drug-likeness (QED) is 0.715. The summed E-state index contributed by atoms with van der Waals surface area (Å²) in [5, 5.41) is 0. The first-order valence-corrected chi connectivity index (χ1v) is 6.41. The van der Waals surface area contributed by atoms with Crippen molar-refractivity contribution in [2.24, 2.45) is 5.92 Å². The van der Waals surface area contributed by atoms with Crippen LogP contribution in [0.4, 0.5) is 0 Å². The molecule has 80 valence electrons. The molecule has 2 aliphatic heterocycles. The minimum Gasteiger partial charge on any atom is -0.494 e. The summed E-state index contributed by atoms with van der Waals surface area (Å²) in [5.74, 6) is 1.98. The molecule has 3 nitrogen and oxygen atoms in total. The highest BCUT2D eigenvalue weighted by atomic mass is 32.2. The molecule has 3 unspecified atom stereocenters. The number of ether oxygens (including phenoxy) is 2. The number of rotatable bonds is 3. The first-order chi connectivity index (χ1) is 6.74. The number of fused-ring (bicyclic) bond motifs is 1. The van der Waals surface area contributed by atoms with Crippen LogP contribution in [-0.4, -0.2) is 29.3 Å². The first-order valence-electron chi connectivity index (χ1n) is 5.09. The van der Waals surface area contributed by atoms with E-state index in [0.717, 1.165) is 17.1 Å². The summed E-state index contributed by atoms with van der Waals surface area (Å²) in [6.07, 6.45) is 1.01. The zero-order chi connectivity index (χ0) is 10.1. The highest BCUT2D eigenvalue weighted by Crippen LogP contribution is 2.35. The number of hydrogen-bond donors (Lipinski definition) is 0. The Kier molecular flexibility index (Phi) is 2.93. The van der Waals surface area contributed by atoms with Gasteiger partial charge in [0.25, 0.3) is 0 Å². The average molecular weight is 216 g/mol. The monoisotopic (exact) mass is 216 g/mol. The van der Waals surface area contributed by atoms with E-state index in [9.17, 15) is 4.21 Å². The van der Waals surface area contributed by atoms with Gasteiger partial charge in [-0.3, -0.25) is 4.21 Å². The average Bonchev–Trinajstić information content (AvgIpc) is 2.69. The third-order valence-corrected chi connectivity index (χ3v) is 4.26. The summed E-state index contributed by atoms with van der Waals surface area (Å²) in [6.45, 7) is 5.33. The van der Waals surface area contributed by atoms with Gasteiger partial charge in [-0.2, -0.15) is 0 Å². The zero-order valence-electron chi connectivity index (χ0n) is 8.62. The maximum atomic E-state index is 11.8. The molecular weight excluding hydrogens is 200 g/mol. The molecule has 0 spiro atoms. The van der Waals surface area contributed by atoms with E-state index < -0.39 is 10.8 Å². The Morgan fingerprint density at radius 2 is 2.36 bits per heavy atom. The van der Waals surface area contributed by atoms with Gasteiger partial charge >= 0.3 is 0 Å². The van der Waals surface area contributed by atoms with Crippen molar-refractivity contribution in [1.29, 1.82) is 0 Å². The first kappa shape index (κ1) is 10.2. The fourth-order valence-corrected chi connectivity index (χ4v) is 3.07. The summed E-state index contributed by atoms with van der Waals surface area (Å²) < 4.78 is 22.9. The highest BCUT2D eigenvalue weighted by Gasteiger charge is 2.39. The molecule has 0 saturated carbocycles. The van der Waals surface area contributed by atoms with E-state index >= 15 is 0 Å². The van der Waals surface area contributed by atoms with Gasteiger partial charge in [0.05, 0.1) is 28.9 Å². The topological polar surface area (TPSA) is 35.5 Å². The highest BCUT2D eigenvalue weighted by molar-refractivity contribution is 7.89. The summed E-state index contributed by atoms with van der Waals surface area (Å²) in [4.78, 5) is 0.890. The Bertz CT molecular complexity index is 285. The smallest absolute Gasteiger partial charge is 0.140 e. The molecule has 0 bridgehead atoms. The van der Waals surface area contributed by atoms with E-state index in [1.54, 1.807) is 0 Å². The summed E-state index contributed by atoms with van der Waals surface area (Å²) >= 11 is 0. The van der Waals surface area contributed by atoms with E-state index in [1.165, 1.54) is 0 Å². The van der Waals surface area contributed by atoms with Crippen LogP contribution in [0.5, 0.6) is 0 Å². The molecule has 0 aliphatic carbocycles. The molecule has 2 heterocycles. The second-order valence-electron chi connectivity index (χ2n) is 3.86. The van der Waals surface area contributed by atoms with Crippen LogP contribution in [0, 0.1) is 5.92 Å². The second kappa shape index (κ2) is 4.03. The van der Waals surface area contributed by atoms with Gasteiger partial charge in [0.15, 0.2) is 0 Å². The predicted octanol–water partition coefficient (Wildman–Crippen LogP) is 1.42. The van der Waals surface area contributed by atoms with Crippen LogP contribution in [0.2, 0.25) is 0 Å². The second-order valence-corrected chi connectivity index (χ2v) is 5.45. The summed E-state index contributed by atoms with van der Waals surface area (Å²) in [6, 6.07) is 0.